The zero-order chi connectivity index (χ0) is 17.0. The molecule has 23 heavy (non-hydrogen) atoms. The van der Waals surface area contributed by atoms with Crippen LogP contribution in [0.1, 0.15) is 59.3 Å². The van der Waals surface area contributed by atoms with Gasteiger partial charge in [-0.2, -0.15) is 0 Å². The number of carbonyl (C=O) groups excluding carboxylic acids is 3. The van der Waals surface area contributed by atoms with E-state index < -0.39 is 17.4 Å². The summed E-state index contributed by atoms with van der Waals surface area (Å²) in [7, 11) is 0. The molecule has 1 unspecified atom stereocenters. The van der Waals surface area contributed by atoms with Crippen LogP contribution in [0.25, 0.3) is 0 Å². The molecule has 1 saturated carbocycles. The van der Waals surface area contributed by atoms with Crippen LogP contribution in [0.5, 0.6) is 0 Å². The summed E-state index contributed by atoms with van der Waals surface area (Å²) in [4.78, 5) is 37.2. The molecule has 0 N–H and O–H groups in total. The maximum atomic E-state index is 12.5. The third kappa shape index (κ3) is 3.19. The molecule has 5 nitrogen and oxygen atoms in total. The standard InChI is InChI=1S/C18H26O5/c1-4-7-8-13-14-11-18(16(20)22-5-2,17(21)23-6-3)10-12(14)9-15(13)19/h12H,4-11H2,1-3H3. The minimum absolute atomic E-state index is 0.0110. The van der Waals surface area contributed by atoms with Crippen LogP contribution < -0.4 is 0 Å². The second-order valence-corrected chi connectivity index (χ2v) is 6.34. The normalized spacial score (nSPS) is 22.2. The van der Waals surface area contributed by atoms with Gasteiger partial charge in [-0.25, -0.2) is 0 Å². The Bertz CT molecular complexity index is 514. The van der Waals surface area contributed by atoms with Gasteiger partial charge in [-0.1, -0.05) is 18.9 Å². The van der Waals surface area contributed by atoms with E-state index >= 15 is 0 Å². The first-order valence-corrected chi connectivity index (χ1v) is 8.59. The smallest absolute Gasteiger partial charge is 0.323 e. The van der Waals surface area contributed by atoms with E-state index in [9.17, 15) is 14.4 Å². The van der Waals surface area contributed by atoms with Crippen molar-refractivity contribution < 1.29 is 23.9 Å². The average Bonchev–Trinajstić information content (AvgIpc) is 3.01. The predicted octanol–water partition coefficient (Wildman–Crippen LogP) is 2.97. The monoisotopic (exact) mass is 322 g/mol. The van der Waals surface area contributed by atoms with Crippen molar-refractivity contribution in [3.63, 3.8) is 0 Å². The van der Waals surface area contributed by atoms with Gasteiger partial charge in [0.25, 0.3) is 0 Å². The van der Waals surface area contributed by atoms with E-state index in [0.29, 0.717) is 12.8 Å². The van der Waals surface area contributed by atoms with Crippen LogP contribution >= 0.6 is 0 Å². The van der Waals surface area contributed by atoms with E-state index in [1.165, 1.54) is 0 Å². The number of ketones is 1. The largest absolute Gasteiger partial charge is 0.465 e. The van der Waals surface area contributed by atoms with Crippen LogP contribution in [0.15, 0.2) is 11.1 Å². The SMILES string of the molecule is CCCCC1=C2CC(C(=O)OCC)(C(=O)OCC)CC2CC1=O. The first-order valence-electron chi connectivity index (χ1n) is 8.59. The Labute approximate surface area is 137 Å². The molecule has 0 aromatic heterocycles. The molecule has 0 heterocycles. The molecule has 5 heteroatoms. The number of ether oxygens (including phenoxy) is 2. The molecule has 1 fully saturated rings. The van der Waals surface area contributed by atoms with E-state index in [1.807, 2.05) is 0 Å². The third-order valence-electron chi connectivity index (χ3n) is 4.85. The molecule has 1 atom stereocenters. The van der Waals surface area contributed by atoms with Gasteiger partial charge in [-0.3, -0.25) is 14.4 Å². The fourth-order valence-electron chi connectivity index (χ4n) is 3.75. The lowest BCUT2D eigenvalue weighted by Crippen LogP contribution is -2.40. The first kappa shape index (κ1) is 17.7. The van der Waals surface area contributed by atoms with Crippen molar-refractivity contribution in [2.24, 2.45) is 11.3 Å². The molecule has 0 spiro atoms. The second-order valence-electron chi connectivity index (χ2n) is 6.34. The Hall–Kier alpha value is -1.65. The fraction of sp³-hybridized carbons (Fsp3) is 0.722. The quantitative estimate of drug-likeness (QED) is 0.532. The molecule has 0 bridgehead atoms. The van der Waals surface area contributed by atoms with E-state index in [2.05, 4.69) is 6.92 Å². The third-order valence-corrected chi connectivity index (χ3v) is 4.85. The number of unbranched alkanes of at least 4 members (excludes halogenated alkanes) is 1. The summed E-state index contributed by atoms with van der Waals surface area (Å²) in [6.07, 6.45) is 3.72. The van der Waals surface area contributed by atoms with Crippen LogP contribution in [-0.2, 0) is 23.9 Å². The molecule has 2 aliphatic rings. The van der Waals surface area contributed by atoms with Crippen LogP contribution in [0.4, 0.5) is 0 Å². The topological polar surface area (TPSA) is 69.7 Å². The Morgan fingerprint density at radius 3 is 2.26 bits per heavy atom. The maximum Gasteiger partial charge on any atom is 0.323 e. The van der Waals surface area contributed by atoms with E-state index in [0.717, 1.165) is 30.4 Å². The average molecular weight is 322 g/mol. The van der Waals surface area contributed by atoms with Crippen molar-refractivity contribution in [2.75, 3.05) is 13.2 Å². The molecule has 2 aliphatic carbocycles. The van der Waals surface area contributed by atoms with Crippen molar-refractivity contribution in [1.29, 1.82) is 0 Å². The number of fused-ring (bicyclic) bond motifs is 1. The van der Waals surface area contributed by atoms with E-state index in [4.69, 9.17) is 9.47 Å². The molecule has 0 radical (unpaired) electrons. The van der Waals surface area contributed by atoms with E-state index in [-0.39, 0.29) is 31.3 Å². The number of Topliss-reactive ketones (excluding diaryl/α,β-unsaturated/α-hetero) is 1. The molecule has 0 aliphatic heterocycles. The van der Waals surface area contributed by atoms with Gasteiger partial charge in [0.2, 0.25) is 0 Å². The van der Waals surface area contributed by atoms with Gasteiger partial charge in [-0.15, -0.1) is 0 Å². The summed E-state index contributed by atoms with van der Waals surface area (Å²) in [5.41, 5.74) is 0.571. The Kier molecular flexibility index (Phi) is 5.60. The van der Waals surface area contributed by atoms with Crippen LogP contribution in [-0.4, -0.2) is 30.9 Å². The lowest BCUT2D eigenvalue weighted by molar-refractivity contribution is -0.171. The van der Waals surface area contributed by atoms with Gasteiger partial charge >= 0.3 is 11.9 Å². The van der Waals surface area contributed by atoms with Gasteiger partial charge in [0.05, 0.1) is 13.2 Å². The van der Waals surface area contributed by atoms with Crippen molar-refractivity contribution in [3.05, 3.63) is 11.1 Å². The highest BCUT2D eigenvalue weighted by Crippen LogP contribution is 2.53. The molecular weight excluding hydrogens is 296 g/mol. The van der Waals surface area contributed by atoms with Gasteiger partial charge in [-0.05, 0) is 51.0 Å². The van der Waals surface area contributed by atoms with Crippen LogP contribution in [0.3, 0.4) is 0 Å². The number of allylic oxidation sites excluding steroid dienone is 2. The molecule has 0 aromatic rings. The second kappa shape index (κ2) is 7.28. The zero-order valence-corrected chi connectivity index (χ0v) is 14.3. The lowest BCUT2D eigenvalue weighted by Gasteiger charge is -2.24. The van der Waals surface area contributed by atoms with Gasteiger partial charge in [0.1, 0.15) is 0 Å². The molecule has 0 saturated heterocycles. The summed E-state index contributed by atoms with van der Waals surface area (Å²) < 4.78 is 10.3. The van der Waals surface area contributed by atoms with Crippen LogP contribution in [0.2, 0.25) is 0 Å². The predicted molar refractivity (Wildman–Crippen MR) is 84.6 cm³/mol. The highest BCUT2D eigenvalue weighted by Gasteiger charge is 2.58. The van der Waals surface area contributed by atoms with Crippen molar-refractivity contribution in [3.8, 4) is 0 Å². The van der Waals surface area contributed by atoms with Crippen molar-refractivity contribution in [2.45, 2.75) is 59.3 Å². The molecule has 2 rings (SSSR count). The molecule has 0 aromatic carbocycles. The van der Waals surface area contributed by atoms with Crippen molar-refractivity contribution in [1.82, 2.24) is 0 Å². The van der Waals surface area contributed by atoms with Crippen molar-refractivity contribution >= 4 is 17.7 Å². The Morgan fingerprint density at radius 2 is 1.74 bits per heavy atom. The summed E-state index contributed by atoms with van der Waals surface area (Å²) in [5.74, 6) is -0.854. The zero-order valence-electron chi connectivity index (χ0n) is 14.3. The maximum absolute atomic E-state index is 12.5. The molecular formula is C18H26O5. The number of esters is 2. The van der Waals surface area contributed by atoms with Gasteiger partial charge in [0, 0.05) is 6.42 Å². The Morgan fingerprint density at radius 1 is 1.13 bits per heavy atom. The minimum Gasteiger partial charge on any atom is -0.465 e. The highest BCUT2D eigenvalue weighted by molar-refractivity contribution is 6.04. The molecule has 0 amide bonds. The summed E-state index contributed by atoms with van der Waals surface area (Å²) in [5, 5.41) is 0. The summed E-state index contributed by atoms with van der Waals surface area (Å²) >= 11 is 0. The number of hydrogen-bond donors (Lipinski definition) is 0. The lowest BCUT2D eigenvalue weighted by atomic mass is 9.83. The fourth-order valence-corrected chi connectivity index (χ4v) is 3.75. The highest BCUT2D eigenvalue weighted by atomic mass is 16.6. The van der Waals surface area contributed by atoms with Gasteiger partial charge in [0.15, 0.2) is 11.2 Å². The molecule has 128 valence electrons. The van der Waals surface area contributed by atoms with E-state index in [1.54, 1.807) is 13.8 Å². The first-order chi connectivity index (χ1) is 11.0. The Balaban J connectivity index is 2.33. The van der Waals surface area contributed by atoms with Crippen LogP contribution in [0, 0.1) is 11.3 Å². The minimum atomic E-state index is -1.26. The van der Waals surface area contributed by atoms with Gasteiger partial charge < -0.3 is 9.47 Å². The number of rotatable bonds is 7. The number of hydrogen-bond acceptors (Lipinski definition) is 5. The summed E-state index contributed by atoms with van der Waals surface area (Å²) in [6, 6.07) is 0. The summed E-state index contributed by atoms with van der Waals surface area (Å²) in [6.45, 7) is 5.99. The number of carbonyl (C=O) groups is 3.